The second-order valence-electron chi connectivity index (χ2n) is 3.63. The maximum absolute atomic E-state index is 11.9. The van der Waals surface area contributed by atoms with E-state index in [1.807, 2.05) is 6.92 Å². The smallest absolute Gasteiger partial charge is 0.254 e. The van der Waals surface area contributed by atoms with Crippen LogP contribution >= 0.6 is 23.2 Å². The average molecular weight is 313 g/mol. The van der Waals surface area contributed by atoms with Crippen LogP contribution in [0.5, 0.6) is 0 Å². The largest absolute Gasteiger partial charge is 0.302 e. The Balaban J connectivity index is 2.81. The number of nitrogens with zero attached hydrogens (tertiary/aromatic N) is 3. The minimum Gasteiger partial charge on any atom is -0.254 e. The maximum Gasteiger partial charge on any atom is 0.302 e. The first-order valence-corrected chi connectivity index (χ1v) is 7.49. The molecule has 0 bridgehead atoms. The highest BCUT2D eigenvalue weighted by Gasteiger charge is 2.18. The van der Waals surface area contributed by atoms with Crippen molar-refractivity contribution >= 4 is 39.2 Å². The quantitative estimate of drug-likeness (QED) is 0.645. The van der Waals surface area contributed by atoms with Crippen molar-refractivity contribution in [1.29, 1.82) is 0 Å². The lowest BCUT2D eigenvalue weighted by atomic mass is 10.3. The second-order valence-corrected chi connectivity index (χ2v) is 6.13. The third-order valence-electron chi connectivity index (χ3n) is 2.14. The highest BCUT2D eigenvalue weighted by Crippen LogP contribution is 2.16. The summed E-state index contributed by atoms with van der Waals surface area (Å²) in [5, 5.41) is -0.0414. The molecule has 1 aromatic heterocycles. The van der Waals surface area contributed by atoms with Gasteiger partial charge in [0.2, 0.25) is 5.28 Å². The van der Waals surface area contributed by atoms with Crippen LogP contribution in [0.25, 0.3) is 0 Å². The molecule has 0 radical (unpaired) electrons. The van der Waals surface area contributed by atoms with Gasteiger partial charge < -0.3 is 0 Å². The molecule has 0 saturated carbocycles. The standard InChI is InChI=1S/C9H14Cl2N4O2S/c1-3-4-5-15(2)18(16,17)14-8-6-7(10)12-9(11)13-8/h6H,3-5H2,1-2H3,(H,12,13,14). The van der Waals surface area contributed by atoms with Gasteiger partial charge in [-0.2, -0.15) is 17.7 Å². The number of aromatic nitrogens is 2. The van der Waals surface area contributed by atoms with E-state index < -0.39 is 10.2 Å². The number of anilines is 1. The van der Waals surface area contributed by atoms with E-state index in [1.165, 1.54) is 17.4 Å². The first-order chi connectivity index (χ1) is 8.35. The zero-order chi connectivity index (χ0) is 13.8. The summed E-state index contributed by atoms with van der Waals surface area (Å²) in [6, 6.07) is 1.29. The Morgan fingerprint density at radius 3 is 2.61 bits per heavy atom. The van der Waals surface area contributed by atoms with Crippen LogP contribution in [0, 0.1) is 0 Å². The third kappa shape index (κ3) is 4.56. The number of unbranched alkanes of at least 4 members (excludes halogenated alkanes) is 1. The van der Waals surface area contributed by atoms with Crippen molar-refractivity contribution in [2.75, 3.05) is 18.3 Å². The molecular weight excluding hydrogens is 299 g/mol. The van der Waals surface area contributed by atoms with Gasteiger partial charge in [-0.3, -0.25) is 4.72 Å². The topological polar surface area (TPSA) is 75.2 Å². The summed E-state index contributed by atoms with van der Waals surface area (Å²) < 4.78 is 27.3. The molecule has 1 aromatic rings. The minimum atomic E-state index is -3.64. The Kier molecular flexibility index (Phi) is 5.58. The molecule has 0 amide bonds. The summed E-state index contributed by atoms with van der Waals surface area (Å²) in [7, 11) is -2.15. The molecule has 0 aliphatic carbocycles. The maximum atomic E-state index is 11.9. The molecule has 1 rings (SSSR count). The molecule has 0 spiro atoms. The Bertz CT molecular complexity index is 489. The van der Waals surface area contributed by atoms with Gasteiger partial charge in [-0.15, -0.1) is 0 Å². The fourth-order valence-corrected chi connectivity index (χ4v) is 2.46. The number of hydrogen-bond acceptors (Lipinski definition) is 4. The molecule has 1 heterocycles. The third-order valence-corrected chi connectivity index (χ3v) is 3.97. The molecule has 0 aromatic carbocycles. The highest BCUT2D eigenvalue weighted by atomic mass is 35.5. The van der Waals surface area contributed by atoms with Crippen LogP contribution in [0.4, 0.5) is 5.82 Å². The molecule has 1 N–H and O–H groups in total. The monoisotopic (exact) mass is 312 g/mol. The van der Waals surface area contributed by atoms with Crippen molar-refractivity contribution < 1.29 is 8.42 Å². The van der Waals surface area contributed by atoms with Crippen molar-refractivity contribution in [3.8, 4) is 0 Å². The van der Waals surface area contributed by atoms with Gasteiger partial charge in [0.15, 0.2) is 0 Å². The van der Waals surface area contributed by atoms with E-state index in [9.17, 15) is 8.42 Å². The summed E-state index contributed by atoms with van der Waals surface area (Å²) in [5.41, 5.74) is 0. The van der Waals surface area contributed by atoms with Gasteiger partial charge in [-0.05, 0) is 18.0 Å². The summed E-state index contributed by atoms with van der Waals surface area (Å²) in [4.78, 5) is 7.36. The lowest BCUT2D eigenvalue weighted by Crippen LogP contribution is -2.33. The number of hydrogen-bond donors (Lipinski definition) is 1. The van der Waals surface area contributed by atoms with Crippen molar-refractivity contribution in [3.05, 3.63) is 16.5 Å². The fraction of sp³-hybridized carbons (Fsp3) is 0.556. The lowest BCUT2D eigenvalue weighted by molar-refractivity contribution is 0.463. The van der Waals surface area contributed by atoms with E-state index in [4.69, 9.17) is 23.2 Å². The zero-order valence-corrected chi connectivity index (χ0v) is 12.3. The van der Waals surface area contributed by atoms with E-state index in [0.717, 1.165) is 12.8 Å². The molecule has 0 aliphatic heterocycles. The molecule has 0 aliphatic rings. The van der Waals surface area contributed by atoms with Crippen LogP contribution in [0.1, 0.15) is 19.8 Å². The lowest BCUT2D eigenvalue weighted by Gasteiger charge is -2.17. The van der Waals surface area contributed by atoms with Gasteiger partial charge in [0, 0.05) is 19.7 Å². The predicted molar refractivity (Wildman–Crippen MR) is 72.1 cm³/mol. The number of rotatable bonds is 6. The van der Waals surface area contributed by atoms with Crippen molar-refractivity contribution in [2.45, 2.75) is 19.8 Å². The molecule has 18 heavy (non-hydrogen) atoms. The van der Waals surface area contributed by atoms with Crippen molar-refractivity contribution in [1.82, 2.24) is 14.3 Å². The van der Waals surface area contributed by atoms with Gasteiger partial charge in [0.25, 0.3) is 0 Å². The Morgan fingerprint density at radius 1 is 1.39 bits per heavy atom. The number of nitrogens with one attached hydrogen (secondary N) is 1. The second kappa shape index (κ2) is 6.51. The first-order valence-electron chi connectivity index (χ1n) is 5.29. The molecule has 0 fully saturated rings. The van der Waals surface area contributed by atoms with Crippen LogP contribution < -0.4 is 4.72 Å². The first kappa shape index (κ1) is 15.4. The van der Waals surface area contributed by atoms with Crippen molar-refractivity contribution in [3.63, 3.8) is 0 Å². The molecule has 0 saturated heterocycles. The van der Waals surface area contributed by atoms with E-state index in [0.29, 0.717) is 6.54 Å². The summed E-state index contributed by atoms with van der Waals surface area (Å²) in [5.74, 6) is 0.0448. The predicted octanol–water partition coefficient (Wildman–Crippen LogP) is 2.17. The van der Waals surface area contributed by atoms with Gasteiger partial charge >= 0.3 is 10.2 Å². The Labute approximate surface area is 117 Å². The SMILES string of the molecule is CCCCN(C)S(=O)(=O)Nc1cc(Cl)nc(Cl)n1. The van der Waals surface area contributed by atoms with Gasteiger partial charge in [0.05, 0.1) is 0 Å². The van der Waals surface area contributed by atoms with E-state index in [2.05, 4.69) is 14.7 Å². The van der Waals surface area contributed by atoms with Crippen LogP contribution in [0.15, 0.2) is 6.07 Å². The minimum absolute atomic E-state index is 0.0448. The average Bonchev–Trinajstić information content (AvgIpc) is 2.23. The molecule has 9 heteroatoms. The van der Waals surface area contributed by atoms with E-state index >= 15 is 0 Å². The van der Waals surface area contributed by atoms with Gasteiger partial charge in [-0.25, -0.2) is 4.98 Å². The summed E-state index contributed by atoms with van der Waals surface area (Å²) in [6.07, 6.45) is 1.69. The Morgan fingerprint density at radius 2 is 2.06 bits per heavy atom. The number of halogens is 2. The zero-order valence-electron chi connectivity index (χ0n) is 10.0. The highest BCUT2D eigenvalue weighted by molar-refractivity contribution is 7.90. The molecule has 0 atom stereocenters. The van der Waals surface area contributed by atoms with Crippen molar-refractivity contribution in [2.24, 2.45) is 0 Å². The van der Waals surface area contributed by atoms with Gasteiger partial charge in [0.1, 0.15) is 11.0 Å². The summed E-state index contributed by atoms with van der Waals surface area (Å²) in [6.45, 7) is 2.41. The molecule has 0 unspecified atom stereocenters. The normalized spacial score (nSPS) is 11.8. The molecular formula is C9H14Cl2N4O2S. The molecule has 6 nitrogen and oxygen atoms in total. The Hall–Kier alpha value is -0.630. The van der Waals surface area contributed by atoms with Crippen LogP contribution in [-0.4, -0.2) is 36.3 Å². The van der Waals surface area contributed by atoms with Crippen LogP contribution in [-0.2, 0) is 10.2 Å². The van der Waals surface area contributed by atoms with E-state index in [-0.39, 0.29) is 16.3 Å². The van der Waals surface area contributed by atoms with Crippen LogP contribution in [0.3, 0.4) is 0 Å². The van der Waals surface area contributed by atoms with E-state index in [1.54, 1.807) is 0 Å². The summed E-state index contributed by atoms with van der Waals surface area (Å²) >= 11 is 11.2. The fourth-order valence-electron chi connectivity index (χ4n) is 1.15. The van der Waals surface area contributed by atoms with Gasteiger partial charge in [-0.1, -0.05) is 24.9 Å². The van der Waals surface area contributed by atoms with Crippen LogP contribution in [0.2, 0.25) is 10.4 Å². The molecule has 102 valence electrons.